The molecule has 3 rings (SSSR count). The lowest BCUT2D eigenvalue weighted by Gasteiger charge is -2.32. The van der Waals surface area contributed by atoms with Crippen molar-refractivity contribution in [3.05, 3.63) is 51.8 Å². The highest BCUT2D eigenvalue weighted by Gasteiger charge is 2.27. The molecule has 0 spiro atoms. The minimum Gasteiger partial charge on any atom is -0.338 e. The lowest BCUT2D eigenvalue weighted by Crippen LogP contribution is -2.39. The molecule has 1 aromatic carbocycles. The van der Waals surface area contributed by atoms with Crippen LogP contribution in [-0.2, 0) is 0 Å². The number of amides is 1. The Kier molecular flexibility index (Phi) is 4.17. The molecule has 1 atom stereocenters. The molecule has 1 saturated heterocycles. The molecular formula is C15H15Cl2N3O. The van der Waals surface area contributed by atoms with Crippen LogP contribution < -0.4 is 0 Å². The summed E-state index contributed by atoms with van der Waals surface area (Å²) in [7, 11) is 0. The minimum absolute atomic E-state index is 0.0632. The first-order valence-electron chi connectivity index (χ1n) is 6.89. The Morgan fingerprint density at radius 1 is 1.33 bits per heavy atom. The average Bonchev–Trinajstić information content (AvgIpc) is 3.04. The molecule has 0 unspecified atom stereocenters. The summed E-state index contributed by atoms with van der Waals surface area (Å²) in [5, 5.41) is 7.71. The second kappa shape index (κ2) is 6.08. The maximum absolute atomic E-state index is 12.6. The number of aromatic amines is 1. The number of rotatable bonds is 2. The van der Waals surface area contributed by atoms with Crippen LogP contribution in [0.25, 0.3) is 0 Å². The number of piperidine rings is 1. The fourth-order valence-corrected chi connectivity index (χ4v) is 3.13. The standard InChI is InChI=1S/C15H15Cl2N3O/c16-12-5-1-4-11(14(12)17)15(21)20-8-2-3-10(9-20)13-6-7-18-19-13/h1,4-7,10H,2-3,8-9H2,(H,18,19)/t10-/m1/s1. The van der Waals surface area contributed by atoms with E-state index in [0.29, 0.717) is 28.1 Å². The van der Waals surface area contributed by atoms with Gasteiger partial charge in [-0.15, -0.1) is 0 Å². The van der Waals surface area contributed by atoms with E-state index >= 15 is 0 Å². The smallest absolute Gasteiger partial charge is 0.255 e. The van der Waals surface area contributed by atoms with Gasteiger partial charge in [-0.1, -0.05) is 29.3 Å². The molecule has 0 aliphatic carbocycles. The Morgan fingerprint density at radius 3 is 2.95 bits per heavy atom. The van der Waals surface area contributed by atoms with Crippen LogP contribution >= 0.6 is 23.2 Å². The van der Waals surface area contributed by atoms with Crippen molar-refractivity contribution in [2.75, 3.05) is 13.1 Å². The van der Waals surface area contributed by atoms with E-state index in [1.165, 1.54) is 0 Å². The van der Waals surface area contributed by atoms with E-state index in [9.17, 15) is 4.79 Å². The first kappa shape index (κ1) is 14.4. The first-order valence-corrected chi connectivity index (χ1v) is 7.65. The van der Waals surface area contributed by atoms with Crippen LogP contribution in [0.3, 0.4) is 0 Å². The molecule has 110 valence electrons. The zero-order valence-corrected chi connectivity index (χ0v) is 12.9. The molecule has 6 heteroatoms. The Bertz CT molecular complexity index is 642. The zero-order chi connectivity index (χ0) is 14.8. The maximum atomic E-state index is 12.6. The first-order chi connectivity index (χ1) is 10.2. The van der Waals surface area contributed by atoms with Crippen molar-refractivity contribution in [2.45, 2.75) is 18.8 Å². The third-order valence-corrected chi connectivity index (χ3v) is 4.67. The molecule has 0 saturated carbocycles. The summed E-state index contributed by atoms with van der Waals surface area (Å²) in [4.78, 5) is 14.5. The molecule has 0 bridgehead atoms. The lowest BCUT2D eigenvalue weighted by molar-refractivity contribution is 0.0706. The Labute approximate surface area is 133 Å². The van der Waals surface area contributed by atoms with Crippen molar-refractivity contribution in [1.29, 1.82) is 0 Å². The molecule has 1 aliphatic rings. The maximum Gasteiger partial charge on any atom is 0.255 e. The topological polar surface area (TPSA) is 49.0 Å². The summed E-state index contributed by atoms with van der Waals surface area (Å²) in [6, 6.07) is 7.11. The Morgan fingerprint density at radius 2 is 2.19 bits per heavy atom. The normalized spacial score (nSPS) is 18.8. The summed E-state index contributed by atoms with van der Waals surface area (Å²) in [6.07, 6.45) is 3.76. The molecule has 1 fully saturated rings. The second-order valence-corrected chi connectivity index (χ2v) is 5.99. The highest BCUT2D eigenvalue weighted by molar-refractivity contribution is 6.43. The van der Waals surface area contributed by atoms with Gasteiger partial charge < -0.3 is 4.90 Å². The van der Waals surface area contributed by atoms with E-state index in [4.69, 9.17) is 23.2 Å². The molecule has 4 nitrogen and oxygen atoms in total. The van der Waals surface area contributed by atoms with Crippen LogP contribution in [0.4, 0.5) is 0 Å². The molecule has 1 aliphatic heterocycles. The Hall–Kier alpha value is -1.52. The quantitative estimate of drug-likeness (QED) is 0.915. The Balaban J connectivity index is 1.80. The van der Waals surface area contributed by atoms with Crippen LogP contribution in [0.15, 0.2) is 30.5 Å². The van der Waals surface area contributed by atoms with Gasteiger partial charge in [0.1, 0.15) is 0 Å². The van der Waals surface area contributed by atoms with E-state index in [1.807, 2.05) is 11.0 Å². The molecule has 1 N–H and O–H groups in total. The molecule has 2 heterocycles. The predicted octanol–water partition coefficient (Wildman–Crippen LogP) is 3.74. The van der Waals surface area contributed by atoms with Crippen LogP contribution in [0.1, 0.15) is 34.8 Å². The number of likely N-dealkylation sites (tertiary alicyclic amines) is 1. The minimum atomic E-state index is -0.0632. The summed E-state index contributed by atoms with van der Waals surface area (Å²) < 4.78 is 0. The number of carbonyl (C=O) groups is 1. The fourth-order valence-electron chi connectivity index (χ4n) is 2.75. The monoisotopic (exact) mass is 323 g/mol. The number of nitrogens with zero attached hydrogens (tertiary/aromatic N) is 2. The van der Waals surface area contributed by atoms with Crippen molar-refractivity contribution in [2.24, 2.45) is 0 Å². The van der Waals surface area contributed by atoms with Gasteiger partial charge in [0.2, 0.25) is 0 Å². The van der Waals surface area contributed by atoms with Crippen molar-refractivity contribution in [3.63, 3.8) is 0 Å². The van der Waals surface area contributed by atoms with Gasteiger partial charge in [-0.05, 0) is 31.0 Å². The molecule has 21 heavy (non-hydrogen) atoms. The van der Waals surface area contributed by atoms with Crippen molar-refractivity contribution in [1.82, 2.24) is 15.1 Å². The number of aromatic nitrogens is 2. The number of halogens is 2. The number of hydrogen-bond donors (Lipinski definition) is 1. The van der Waals surface area contributed by atoms with E-state index in [2.05, 4.69) is 10.2 Å². The third kappa shape index (κ3) is 2.92. The van der Waals surface area contributed by atoms with Crippen LogP contribution in [0, 0.1) is 0 Å². The van der Waals surface area contributed by atoms with E-state index < -0.39 is 0 Å². The number of H-pyrrole nitrogens is 1. The number of hydrogen-bond acceptors (Lipinski definition) is 2. The molecule has 0 radical (unpaired) electrons. The average molecular weight is 324 g/mol. The lowest BCUT2D eigenvalue weighted by atomic mass is 9.94. The third-order valence-electron chi connectivity index (χ3n) is 3.85. The largest absolute Gasteiger partial charge is 0.338 e. The van der Waals surface area contributed by atoms with Crippen LogP contribution in [0.2, 0.25) is 10.0 Å². The van der Waals surface area contributed by atoms with Gasteiger partial charge >= 0.3 is 0 Å². The van der Waals surface area contributed by atoms with Crippen molar-refractivity contribution >= 4 is 29.1 Å². The molecular weight excluding hydrogens is 309 g/mol. The summed E-state index contributed by atoms with van der Waals surface area (Å²) in [6.45, 7) is 1.41. The van der Waals surface area contributed by atoms with Crippen LogP contribution in [0.5, 0.6) is 0 Å². The predicted molar refractivity (Wildman–Crippen MR) is 82.9 cm³/mol. The molecule has 1 aromatic heterocycles. The van der Waals surface area contributed by atoms with E-state index in [0.717, 1.165) is 25.1 Å². The van der Waals surface area contributed by atoms with Gasteiger partial charge in [0, 0.05) is 30.9 Å². The summed E-state index contributed by atoms with van der Waals surface area (Å²) in [5.74, 6) is 0.231. The van der Waals surface area contributed by atoms with Gasteiger partial charge in [-0.2, -0.15) is 5.10 Å². The number of nitrogens with one attached hydrogen (secondary N) is 1. The zero-order valence-electron chi connectivity index (χ0n) is 11.4. The van der Waals surface area contributed by atoms with Gasteiger partial charge in [-0.3, -0.25) is 9.89 Å². The van der Waals surface area contributed by atoms with E-state index in [1.54, 1.807) is 24.4 Å². The highest BCUT2D eigenvalue weighted by atomic mass is 35.5. The van der Waals surface area contributed by atoms with Crippen LogP contribution in [-0.4, -0.2) is 34.1 Å². The van der Waals surface area contributed by atoms with Crippen molar-refractivity contribution in [3.8, 4) is 0 Å². The molecule has 1 amide bonds. The second-order valence-electron chi connectivity index (χ2n) is 5.20. The molecule has 2 aromatic rings. The van der Waals surface area contributed by atoms with Gasteiger partial charge in [0.25, 0.3) is 5.91 Å². The van der Waals surface area contributed by atoms with E-state index in [-0.39, 0.29) is 5.91 Å². The van der Waals surface area contributed by atoms with Gasteiger partial charge in [-0.25, -0.2) is 0 Å². The number of benzene rings is 1. The highest BCUT2D eigenvalue weighted by Crippen LogP contribution is 2.30. The number of carbonyl (C=O) groups excluding carboxylic acids is 1. The van der Waals surface area contributed by atoms with Crippen molar-refractivity contribution < 1.29 is 4.79 Å². The fraction of sp³-hybridized carbons (Fsp3) is 0.333. The summed E-state index contributed by atoms with van der Waals surface area (Å²) >= 11 is 12.1. The van der Waals surface area contributed by atoms with Gasteiger partial charge in [0.15, 0.2) is 0 Å². The van der Waals surface area contributed by atoms with Gasteiger partial charge in [0.05, 0.1) is 15.6 Å². The summed E-state index contributed by atoms with van der Waals surface area (Å²) in [5.41, 5.74) is 1.54. The SMILES string of the molecule is O=C(c1cccc(Cl)c1Cl)N1CCC[C@@H](c2ccn[nH]2)C1.